The predicted molar refractivity (Wildman–Crippen MR) is 68.9 cm³/mol. The maximum absolute atomic E-state index is 10.8. The number of nitrogens with zero attached hydrogens (tertiary/aromatic N) is 1. The molecule has 0 fully saturated rings. The summed E-state index contributed by atoms with van der Waals surface area (Å²) in [6.45, 7) is 0.0517. The molecule has 1 aromatic carbocycles. The molecule has 1 aromatic rings. The lowest BCUT2D eigenvalue weighted by Crippen LogP contribution is -2.19. The summed E-state index contributed by atoms with van der Waals surface area (Å²) in [5.74, 6) is -0.652. The zero-order valence-corrected chi connectivity index (χ0v) is 10.8. The Morgan fingerprint density at radius 3 is 2.95 bits per heavy atom. The van der Waals surface area contributed by atoms with Crippen molar-refractivity contribution in [3.05, 3.63) is 29.8 Å². The number of hydrogen-bond donors (Lipinski definition) is 2. The number of aromatic carboxylic acids is 1. The largest absolute Gasteiger partial charge is 0.490 e. The van der Waals surface area contributed by atoms with Crippen LogP contribution in [0.3, 0.4) is 0 Å². The molecule has 7 heteroatoms. The third kappa shape index (κ3) is 5.61. The molecular weight excluding hydrogens is 270 g/mol. The van der Waals surface area contributed by atoms with Crippen LogP contribution >= 0.6 is 11.8 Å². The van der Waals surface area contributed by atoms with Crippen molar-refractivity contribution in [3.8, 4) is 11.2 Å². The predicted octanol–water partition coefficient (Wildman–Crippen LogP) is 1.31. The molecule has 0 radical (unpaired) electrons. The Kier molecular flexibility index (Phi) is 6.74. The Balaban J connectivity index is 2.56. The number of carboxylic acid groups (broad SMARTS) is 1. The molecule has 1 atom stereocenters. The van der Waals surface area contributed by atoms with Gasteiger partial charge in [-0.1, -0.05) is 6.07 Å². The number of ether oxygens (including phenoxy) is 2. The maximum Gasteiger partial charge on any atom is 0.335 e. The van der Waals surface area contributed by atoms with E-state index in [0.29, 0.717) is 5.75 Å². The van der Waals surface area contributed by atoms with Crippen molar-refractivity contribution in [2.24, 2.45) is 0 Å². The molecular formula is C12H13NO5S. The van der Waals surface area contributed by atoms with Crippen LogP contribution in [0.5, 0.6) is 5.75 Å². The summed E-state index contributed by atoms with van der Waals surface area (Å²) in [6, 6.07) is 6.04. The van der Waals surface area contributed by atoms with Gasteiger partial charge >= 0.3 is 5.97 Å². The van der Waals surface area contributed by atoms with Crippen LogP contribution in [-0.4, -0.2) is 41.4 Å². The molecule has 0 aliphatic rings. The number of nitriles is 1. The van der Waals surface area contributed by atoms with Crippen molar-refractivity contribution in [1.82, 2.24) is 0 Å². The van der Waals surface area contributed by atoms with Crippen LogP contribution in [0, 0.1) is 10.7 Å². The third-order valence-corrected chi connectivity index (χ3v) is 2.69. The Morgan fingerprint density at radius 2 is 2.32 bits per heavy atom. The van der Waals surface area contributed by atoms with Crippen LogP contribution in [0.1, 0.15) is 10.4 Å². The lowest BCUT2D eigenvalue weighted by Gasteiger charge is -2.14. The van der Waals surface area contributed by atoms with Gasteiger partial charge in [0.15, 0.2) is 5.44 Å². The molecule has 0 amide bonds. The van der Waals surface area contributed by atoms with Gasteiger partial charge in [-0.05, 0) is 30.0 Å². The van der Waals surface area contributed by atoms with Crippen molar-refractivity contribution in [1.29, 1.82) is 5.26 Å². The van der Waals surface area contributed by atoms with Crippen LogP contribution in [0.4, 0.5) is 0 Å². The van der Waals surface area contributed by atoms with E-state index in [2.05, 4.69) is 0 Å². The summed E-state index contributed by atoms with van der Waals surface area (Å²) in [7, 11) is 0. The van der Waals surface area contributed by atoms with Gasteiger partial charge in [0.2, 0.25) is 0 Å². The summed E-state index contributed by atoms with van der Waals surface area (Å²) >= 11 is 0.877. The lowest BCUT2D eigenvalue weighted by atomic mass is 10.2. The molecule has 102 valence electrons. The highest BCUT2D eigenvalue weighted by atomic mass is 32.2. The van der Waals surface area contributed by atoms with E-state index in [1.165, 1.54) is 12.1 Å². The first-order chi connectivity index (χ1) is 9.17. The van der Waals surface area contributed by atoms with Crippen molar-refractivity contribution in [2.75, 3.05) is 19.8 Å². The molecule has 19 heavy (non-hydrogen) atoms. The van der Waals surface area contributed by atoms with Crippen LogP contribution in [0.2, 0.25) is 0 Å². The molecule has 0 aliphatic heterocycles. The van der Waals surface area contributed by atoms with Gasteiger partial charge in [-0.25, -0.2) is 4.79 Å². The number of hydrogen-bond acceptors (Lipinski definition) is 6. The quantitative estimate of drug-likeness (QED) is 0.548. The number of carbonyl (C=O) groups is 1. The fourth-order valence-electron chi connectivity index (χ4n) is 1.24. The number of rotatable bonds is 8. The number of carboxylic acids is 1. The smallest absolute Gasteiger partial charge is 0.335 e. The van der Waals surface area contributed by atoms with Crippen LogP contribution in [-0.2, 0) is 4.74 Å². The molecule has 0 aliphatic carbocycles. The molecule has 0 bridgehead atoms. The minimum absolute atomic E-state index is 0.0846. The second-order valence-corrected chi connectivity index (χ2v) is 4.32. The van der Waals surface area contributed by atoms with Gasteiger partial charge in [0, 0.05) is 0 Å². The van der Waals surface area contributed by atoms with Crippen molar-refractivity contribution in [2.45, 2.75) is 5.44 Å². The van der Waals surface area contributed by atoms with Crippen molar-refractivity contribution in [3.63, 3.8) is 0 Å². The van der Waals surface area contributed by atoms with E-state index >= 15 is 0 Å². The number of aliphatic hydroxyl groups is 1. The van der Waals surface area contributed by atoms with E-state index in [1.807, 2.05) is 5.40 Å². The molecule has 2 N–H and O–H groups in total. The van der Waals surface area contributed by atoms with E-state index in [-0.39, 0.29) is 25.4 Å². The normalized spacial score (nSPS) is 11.6. The first kappa shape index (κ1) is 15.3. The number of thiocyanates is 1. The number of benzene rings is 1. The van der Waals surface area contributed by atoms with Crippen LogP contribution < -0.4 is 4.74 Å². The monoisotopic (exact) mass is 283 g/mol. The highest BCUT2D eigenvalue weighted by molar-refractivity contribution is 8.04. The highest BCUT2D eigenvalue weighted by Gasteiger charge is 2.11. The SMILES string of the molecule is N#CSC(COc1cccc(C(=O)O)c1)OCCO. The second kappa shape index (κ2) is 8.37. The zero-order chi connectivity index (χ0) is 14.1. The summed E-state index contributed by atoms with van der Waals surface area (Å²) < 4.78 is 10.5. The molecule has 6 nitrogen and oxygen atoms in total. The zero-order valence-electron chi connectivity index (χ0n) is 9.98. The van der Waals surface area contributed by atoms with Gasteiger partial charge in [-0.2, -0.15) is 5.26 Å². The molecule has 0 heterocycles. The van der Waals surface area contributed by atoms with Gasteiger partial charge in [0.1, 0.15) is 17.8 Å². The number of aliphatic hydroxyl groups excluding tert-OH is 1. The summed E-state index contributed by atoms with van der Waals surface area (Å²) in [6.07, 6.45) is 0. The minimum atomic E-state index is -1.04. The van der Waals surface area contributed by atoms with E-state index < -0.39 is 11.4 Å². The van der Waals surface area contributed by atoms with Gasteiger partial charge in [0.05, 0.1) is 18.8 Å². The first-order valence-corrected chi connectivity index (χ1v) is 6.28. The molecule has 0 saturated heterocycles. The Labute approximate surface area is 114 Å². The second-order valence-electron chi connectivity index (χ2n) is 3.38. The highest BCUT2D eigenvalue weighted by Crippen LogP contribution is 2.17. The first-order valence-electron chi connectivity index (χ1n) is 5.40. The fraction of sp³-hybridized carbons (Fsp3) is 0.333. The topological polar surface area (TPSA) is 99.8 Å². The van der Waals surface area contributed by atoms with Crippen LogP contribution in [0.15, 0.2) is 24.3 Å². The Bertz CT molecular complexity index is 460. The van der Waals surface area contributed by atoms with E-state index in [4.69, 9.17) is 24.9 Å². The fourth-order valence-corrected chi connectivity index (χ4v) is 1.66. The third-order valence-electron chi connectivity index (χ3n) is 2.05. The summed E-state index contributed by atoms with van der Waals surface area (Å²) in [4.78, 5) is 10.8. The van der Waals surface area contributed by atoms with E-state index in [1.54, 1.807) is 12.1 Å². The Hall–Kier alpha value is -1.75. The number of thioether (sulfide) groups is 1. The molecule has 0 aromatic heterocycles. The summed E-state index contributed by atoms with van der Waals surface area (Å²) in [5.41, 5.74) is -0.413. The standard InChI is InChI=1S/C12H13NO5S/c13-8-19-11(17-5-4-14)7-18-10-3-1-2-9(6-10)12(15)16/h1-3,6,11,14H,4-5,7H2,(H,15,16). The van der Waals surface area contributed by atoms with Gasteiger partial charge in [0.25, 0.3) is 0 Å². The Morgan fingerprint density at radius 1 is 1.53 bits per heavy atom. The van der Waals surface area contributed by atoms with Crippen molar-refractivity contribution >= 4 is 17.7 Å². The van der Waals surface area contributed by atoms with Gasteiger partial charge < -0.3 is 19.7 Å². The van der Waals surface area contributed by atoms with Crippen molar-refractivity contribution < 1.29 is 24.5 Å². The van der Waals surface area contributed by atoms with E-state index in [0.717, 1.165) is 11.8 Å². The average Bonchev–Trinajstić information content (AvgIpc) is 2.42. The minimum Gasteiger partial charge on any atom is -0.490 e. The van der Waals surface area contributed by atoms with Crippen LogP contribution in [0.25, 0.3) is 0 Å². The maximum atomic E-state index is 10.8. The molecule has 1 unspecified atom stereocenters. The molecule has 0 saturated carbocycles. The summed E-state index contributed by atoms with van der Waals surface area (Å²) in [5, 5.41) is 27.9. The lowest BCUT2D eigenvalue weighted by molar-refractivity contribution is 0.0512. The van der Waals surface area contributed by atoms with E-state index in [9.17, 15) is 4.79 Å². The van der Waals surface area contributed by atoms with Gasteiger partial charge in [-0.15, -0.1) is 0 Å². The average molecular weight is 283 g/mol. The molecule has 0 spiro atoms. The van der Waals surface area contributed by atoms with Gasteiger partial charge in [-0.3, -0.25) is 0 Å². The molecule has 1 rings (SSSR count).